The fraction of sp³-hybridized carbons (Fsp3) is 0.391. The van der Waals surface area contributed by atoms with Gasteiger partial charge in [0.15, 0.2) is 0 Å². The molecule has 0 unspecified atom stereocenters. The Morgan fingerprint density at radius 3 is 2.77 bits per heavy atom. The number of rotatable bonds is 4. The predicted octanol–water partition coefficient (Wildman–Crippen LogP) is 4.78. The standard InChI is InChI=1S/C23H26ClN3O3/c1-3-26-19-13-15(22(28)25-16-9-11-20(30-2)18(24)14-16)8-10-17(19)23(29)27-12-6-4-5-7-21(26)27/h8-11,13-14,21H,3-7,12H2,1-2H3,(H,25,28)/t21-/m0/s1. The summed E-state index contributed by atoms with van der Waals surface area (Å²) in [5.74, 6) is 0.370. The molecule has 1 saturated heterocycles. The summed E-state index contributed by atoms with van der Waals surface area (Å²) in [7, 11) is 1.54. The quantitative estimate of drug-likeness (QED) is 0.762. The monoisotopic (exact) mass is 427 g/mol. The van der Waals surface area contributed by atoms with E-state index in [1.807, 2.05) is 11.0 Å². The smallest absolute Gasteiger partial charge is 0.257 e. The number of ether oxygens (including phenoxy) is 1. The van der Waals surface area contributed by atoms with Crippen LogP contribution in [0.3, 0.4) is 0 Å². The predicted molar refractivity (Wildman–Crippen MR) is 119 cm³/mol. The Morgan fingerprint density at radius 1 is 1.20 bits per heavy atom. The number of hydrogen-bond donors (Lipinski definition) is 1. The molecule has 2 aromatic rings. The summed E-state index contributed by atoms with van der Waals surface area (Å²) in [6, 6.07) is 10.4. The summed E-state index contributed by atoms with van der Waals surface area (Å²) >= 11 is 6.16. The largest absolute Gasteiger partial charge is 0.495 e. The van der Waals surface area contributed by atoms with E-state index < -0.39 is 0 Å². The Kier molecular flexibility index (Phi) is 5.86. The molecule has 1 fully saturated rings. The zero-order valence-corrected chi connectivity index (χ0v) is 18.0. The highest BCUT2D eigenvalue weighted by molar-refractivity contribution is 6.32. The van der Waals surface area contributed by atoms with Crippen molar-refractivity contribution in [1.82, 2.24) is 4.90 Å². The van der Waals surface area contributed by atoms with Crippen LogP contribution in [0.1, 0.15) is 53.3 Å². The molecule has 158 valence electrons. The van der Waals surface area contributed by atoms with Crippen LogP contribution in [0.25, 0.3) is 0 Å². The molecule has 1 atom stereocenters. The first-order valence-electron chi connectivity index (χ1n) is 10.4. The summed E-state index contributed by atoms with van der Waals surface area (Å²) in [6.07, 6.45) is 4.32. The summed E-state index contributed by atoms with van der Waals surface area (Å²) in [4.78, 5) is 30.2. The SMILES string of the molecule is CCN1c2cc(C(=O)Nc3ccc(OC)c(Cl)c3)ccc2C(=O)N2CCCCC[C@H]21. The summed E-state index contributed by atoms with van der Waals surface area (Å²) in [5, 5.41) is 3.30. The number of amides is 2. The molecular formula is C23H26ClN3O3. The second kappa shape index (κ2) is 8.56. The first kappa shape index (κ1) is 20.5. The van der Waals surface area contributed by atoms with Crippen molar-refractivity contribution < 1.29 is 14.3 Å². The van der Waals surface area contributed by atoms with Gasteiger partial charge >= 0.3 is 0 Å². The number of carbonyl (C=O) groups excluding carboxylic acids is 2. The fourth-order valence-electron chi connectivity index (χ4n) is 4.39. The van der Waals surface area contributed by atoms with Gasteiger partial charge in [0.25, 0.3) is 11.8 Å². The Hall–Kier alpha value is -2.73. The zero-order valence-electron chi connectivity index (χ0n) is 17.3. The minimum absolute atomic E-state index is 0.0653. The lowest BCUT2D eigenvalue weighted by Gasteiger charge is -2.44. The maximum absolute atomic E-state index is 13.1. The second-order valence-corrected chi connectivity index (χ2v) is 8.06. The summed E-state index contributed by atoms with van der Waals surface area (Å²) < 4.78 is 5.15. The molecule has 2 aromatic carbocycles. The van der Waals surface area contributed by atoms with Crippen molar-refractivity contribution >= 4 is 34.8 Å². The van der Waals surface area contributed by atoms with Gasteiger partial charge in [0.1, 0.15) is 11.9 Å². The molecule has 2 aliphatic rings. The third kappa shape index (κ3) is 3.72. The van der Waals surface area contributed by atoms with E-state index in [0.717, 1.165) is 44.5 Å². The van der Waals surface area contributed by atoms with Crippen molar-refractivity contribution in [3.05, 3.63) is 52.5 Å². The van der Waals surface area contributed by atoms with Crippen LogP contribution in [-0.4, -0.2) is 43.1 Å². The molecule has 0 saturated carbocycles. The molecule has 2 heterocycles. The van der Waals surface area contributed by atoms with Gasteiger partial charge in [0.05, 0.1) is 23.4 Å². The fourth-order valence-corrected chi connectivity index (χ4v) is 4.64. The van der Waals surface area contributed by atoms with Crippen molar-refractivity contribution in [2.75, 3.05) is 30.4 Å². The first-order chi connectivity index (χ1) is 14.5. The molecular weight excluding hydrogens is 402 g/mol. The van der Waals surface area contributed by atoms with Gasteiger partial charge < -0.3 is 19.9 Å². The van der Waals surface area contributed by atoms with E-state index in [1.54, 1.807) is 37.4 Å². The molecule has 0 radical (unpaired) electrons. The van der Waals surface area contributed by atoms with Gasteiger partial charge in [-0.3, -0.25) is 9.59 Å². The number of methoxy groups -OCH3 is 1. The number of hydrogen-bond acceptors (Lipinski definition) is 4. The van der Waals surface area contributed by atoms with Gasteiger partial charge in [-0.1, -0.05) is 18.0 Å². The summed E-state index contributed by atoms with van der Waals surface area (Å²) in [5.41, 5.74) is 2.60. The third-order valence-corrected chi connectivity index (χ3v) is 6.19. The molecule has 30 heavy (non-hydrogen) atoms. The molecule has 7 heteroatoms. The van der Waals surface area contributed by atoms with Crippen molar-refractivity contribution in [3.8, 4) is 5.75 Å². The molecule has 0 bridgehead atoms. The highest BCUT2D eigenvalue weighted by atomic mass is 35.5. The van der Waals surface area contributed by atoms with Gasteiger partial charge in [-0.2, -0.15) is 0 Å². The van der Waals surface area contributed by atoms with Crippen molar-refractivity contribution in [2.45, 2.75) is 38.8 Å². The number of fused-ring (bicyclic) bond motifs is 2. The highest BCUT2D eigenvalue weighted by Crippen LogP contribution is 2.35. The number of nitrogens with zero attached hydrogens (tertiary/aromatic N) is 2. The molecule has 2 aliphatic heterocycles. The van der Waals surface area contributed by atoms with Crippen LogP contribution < -0.4 is 15.0 Å². The summed E-state index contributed by atoms with van der Waals surface area (Å²) in [6.45, 7) is 3.66. The van der Waals surface area contributed by atoms with Crippen molar-refractivity contribution in [2.24, 2.45) is 0 Å². The average molecular weight is 428 g/mol. The van der Waals surface area contributed by atoms with Crippen LogP contribution in [0.5, 0.6) is 5.75 Å². The minimum Gasteiger partial charge on any atom is -0.495 e. The van der Waals surface area contributed by atoms with E-state index in [2.05, 4.69) is 17.1 Å². The molecule has 6 nitrogen and oxygen atoms in total. The molecule has 0 aromatic heterocycles. The van der Waals surface area contributed by atoms with Crippen LogP contribution in [0.2, 0.25) is 5.02 Å². The van der Waals surface area contributed by atoms with E-state index in [-0.39, 0.29) is 18.0 Å². The van der Waals surface area contributed by atoms with Crippen LogP contribution in [0, 0.1) is 0 Å². The van der Waals surface area contributed by atoms with Crippen LogP contribution in [0.15, 0.2) is 36.4 Å². The third-order valence-electron chi connectivity index (χ3n) is 5.89. The molecule has 0 aliphatic carbocycles. The number of benzene rings is 2. The number of nitrogens with one attached hydrogen (secondary N) is 1. The molecule has 1 N–H and O–H groups in total. The van der Waals surface area contributed by atoms with Gasteiger partial charge in [0, 0.05) is 24.3 Å². The van der Waals surface area contributed by atoms with E-state index in [4.69, 9.17) is 16.3 Å². The highest BCUT2D eigenvalue weighted by Gasteiger charge is 2.37. The number of halogens is 1. The van der Waals surface area contributed by atoms with Crippen LogP contribution in [-0.2, 0) is 0 Å². The lowest BCUT2D eigenvalue weighted by molar-refractivity contribution is 0.0656. The molecule has 2 amide bonds. The van der Waals surface area contributed by atoms with E-state index in [1.165, 1.54) is 0 Å². The second-order valence-electron chi connectivity index (χ2n) is 7.65. The van der Waals surface area contributed by atoms with Crippen LogP contribution in [0.4, 0.5) is 11.4 Å². The van der Waals surface area contributed by atoms with Gasteiger partial charge in [-0.05, 0) is 62.6 Å². The van der Waals surface area contributed by atoms with Crippen molar-refractivity contribution in [1.29, 1.82) is 0 Å². The topological polar surface area (TPSA) is 61.9 Å². The lowest BCUT2D eigenvalue weighted by atomic mass is 10.0. The first-order valence-corrected chi connectivity index (χ1v) is 10.8. The number of carbonyl (C=O) groups is 2. The maximum Gasteiger partial charge on any atom is 0.257 e. The Morgan fingerprint density at radius 2 is 2.03 bits per heavy atom. The maximum atomic E-state index is 13.1. The lowest BCUT2D eigenvalue weighted by Crippen LogP contribution is -2.55. The zero-order chi connectivity index (χ0) is 21.3. The Labute approximate surface area is 181 Å². The number of anilines is 2. The Bertz CT molecular complexity index is 978. The molecule has 4 rings (SSSR count). The van der Waals surface area contributed by atoms with E-state index in [9.17, 15) is 9.59 Å². The van der Waals surface area contributed by atoms with Crippen LogP contribution >= 0.6 is 11.6 Å². The van der Waals surface area contributed by atoms with Gasteiger partial charge in [-0.15, -0.1) is 0 Å². The van der Waals surface area contributed by atoms with E-state index in [0.29, 0.717) is 27.6 Å². The van der Waals surface area contributed by atoms with E-state index >= 15 is 0 Å². The normalized spacial score (nSPS) is 18.4. The average Bonchev–Trinajstić information content (AvgIpc) is 3.00. The Balaban J connectivity index is 1.63. The van der Waals surface area contributed by atoms with Crippen molar-refractivity contribution in [3.63, 3.8) is 0 Å². The molecule has 0 spiro atoms. The minimum atomic E-state index is -0.245. The van der Waals surface area contributed by atoms with Gasteiger partial charge in [-0.25, -0.2) is 0 Å². The van der Waals surface area contributed by atoms with Gasteiger partial charge in [0.2, 0.25) is 0 Å².